The molecule has 3 rings (SSSR count). The Bertz CT molecular complexity index is 780. The first-order valence-electron chi connectivity index (χ1n) is 8.59. The van der Waals surface area contributed by atoms with Gasteiger partial charge in [-0.05, 0) is 50.0 Å². The molecule has 25 heavy (non-hydrogen) atoms. The number of rotatable bonds is 3. The summed E-state index contributed by atoms with van der Waals surface area (Å²) in [6.45, 7) is 5.74. The fraction of sp³-hybridized carbons (Fsp3) is 0.500. The van der Waals surface area contributed by atoms with Crippen LogP contribution in [0, 0.1) is 5.41 Å². The van der Waals surface area contributed by atoms with Gasteiger partial charge in [-0.3, -0.25) is 9.59 Å². The molecule has 0 aliphatic heterocycles. The molecule has 0 saturated heterocycles. The van der Waals surface area contributed by atoms with Gasteiger partial charge in [0, 0.05) is 17.5 Å². The number of hydrogen-bond donors (Lipinski definition) is 1. The van der Waals surface area contributed by atoms with Gasteiger partial charge in [-0.1, -0.05) is 37.6 Å². The third-order valence-corrected chi connectivity index (χ3v) is 5.99. The number of likely N-dealkylation sites (N-methyl/N-ethyl adjacent to an activating group) is 1. The average molecular weight is 361 g/mol. The zero-order valence-corrected chi connectivity index (χ0v) is 16.0. The monoisotopic (exact) mass is 360 g/mol. The number of ketones is 1. The third-order valence-electron chi connectivity index (χ3n) is 5.75. The quantitative estimate of drug-likeness (QED) is 0.898. The number of nitrogens with zero attached hydrogens (tertiary/aromatic N) is 1. The number of carbonyl (C=O) groups is 2. The van der Waals surface area contributed by atoms with E-state index in [1.165, 1.54) is 0 Å². The van der Waals surface area contributed by atoms with Gasteiger partial charge in [0.15, 0.2) is 5.78 Å². The molecule has 0 unspecified atom stereocenters. The number of halogens is 1. The van der Waals surface area contributed by atoms with Gasteiger partial charge in [-0.25, -0.2) is 0 Å². The number of benzene rings is 1. The van der Waals surface area contributed by atoms with Gasteiger partial charge in [0.2, 0.25) is 5.91 Å². The van der Waals surface area contributed by atoms with E-state index in [-0.39, 0.29) is 17.4 Å². The highest BCUT2D eigenvalue weighted by Crippen LogP contribution is 2.51. The lowest BCUT2D eigenvalue weighted by Crippen LogP contribution is -2.55. The zero-order valence-electron chi connectivity index (χ0n) is 15.2. The molecule has 0 heterocycles. The Morgan fingerprint density at radius 1 is 1.24 bits per heavy atom. The van der Waals surface area contributed by atoms with E-state index < -0.39 is 16.4 Å². The van der Waals surface area contributed by atoms with Crippen LogP contribution in [0.3, 0.4) is 0 Å². The number of hydrogen-bond acceptors (Lipinski definition) is 3. The minimum Gasteiger partial charge on any atom is -0.396 e. The molecular weight excluding hydrogens is 336 g/mol. The summed E-state index contributed by atoms with van der Waals surface area (Å²) in [6.07, 6.45) is 3.92. The first-order chi connectivity index (χ1) is 11.5. The van der Waals surface area contributed by atoms with Crippen LogP contribution in [0.15, 0.2) is 36.0 Å². The SMILES string of the molecule is CN(C(=O)C1(c2cccc(Cl)c2)CC1)[C@]1(C)C=C(N)C(=O)C(C)(C)C1. The Morgan fingerprint density at radius 3 is 2.40 bits per heavy atom. The molecule has 1 aromatic rings. The van der Waals surface area contributed by atoms with Crippen molar-refractivity contribution < 1.29 is 9.59 Å². The van der Waals surface area contributed by atoms with Crippen LogP contribution >= 0.6 is 11.6 Å². The second kappa shape index (κ2) is 5.60. The summed E-state index contributed by atoms with van der Waals surface area (Å²) in [6, 6.07) is 7.54. The Hall–Kier alpha value is -1.81. The van der Waals surface area contributed by atoms with Crippen molar-refractivity contribution in [2.24, 2.45) is 11.1 Å². The predicted molar refractivity (Wildman–Crippen MR) is 99.2 cm³/mol. The molecule has 1 aromatic carbocycles. The highest BCUT2D eigenvalue weighted by Gasteiger charge is 2.55. The summed E-state index contributed by atoms with van der Waals surface area (Å²) in [4.78, 5) is 27.4. The normalized spacial score (nSPS) is 26.8. The summed E-state index contributed by atoms with van der Waals surface area (Å²) in [5.41, 5.74) is 5.50. The minimum absolute atomic E-state index is 0.0539. The van der Waals surface area contributed by atoms with Crippen molar-refractivity contribution in [1.82, 2.24) is 4.90 Å². The van der Waals surface area contributed by atoms with Gasteiger partial charge in [0.1, 0.15) is 0 Å². The summed E-state index contributed by atoms with van der Waals surface area (Å²) in [5, 5.41) is 0.638. The Kier molecular flexibility index (Phi) is 4.03. The van der Waals surface area contributed by atoms with Gasteiger partial charge in [-0.2, -0.15) is 0 Å². The van der Waals surface area contributed by atoms with Crippen molar-refractivity contribution >= 4 is 23.3 Å². The van der Waals surface area contributed by atoms with Crippen molar-refractivity contribution in [2.45, 2.75) is 51.0 Å². The van der Waals surface area contributed by atoms with Crippen molar-refractivity contribution in [1.29, 1.82) is 0 Å². The molecule has 2 aliphatic rings. The highest BCUT2D eigenvalue weighted by atomic mass is 35.5. The van der Waals surface area contributed by atoms with E-state index in [1.54, 1.807) is 11.0 Å². The summed E-state index contributed by atoms with van der Waals surface area (Å²) in [7, 11) is 1.81. The van der Waals surface area contributed by atoms with E-state index in [2.05, 4.69) is 0 Å². The fourth-order valence-electron chi connectivity index (χ4n) is 4.12. The van der Waals surface area contributed by atoms with Gasteiger partial charge < -0.3 is 10.6 Å². The van der Waals surface area contributed by atoms with E-state index in [4.69, 9.17) is 17.3 Å². The van der Waals surface area contributed by atoms with Crippen LogP contribution in [0.1, 0.15) is 45.6 Å². The second-order valence-corrected chi connectivity index (χ2v) is 8.74. The van der Waals surface area contributed by atoms with Crippen molar-refractivity contribution in [2.75, 3.05) is 7.05 Å². The van der Waals surface area contributed by atoms with Crippen LogP contribution in [-0.2, 0) is 15.0 Å². The lowest BCUT2D eigenvalue weighted by atomic mass is 9.70. The van der Waals surface area contributed by atoms with Crippen LogP contribution < -0.4 is 5.73 Å². The first-order valence-corrected chi connectivity index (χ1v) is 8.97. The smallest absolute Gasteiger partial charge is 0.233 e. The molecule has 2 N–H and O–H groups in total. The molecule has 4 nitrogen and oxygen atoms in total. The van der Waals surface area contributed by atoms with Gasteiger partial charge in [0.25, 0.3) is 0 Å². The molecule has 134 valence electrons. The Balaban J connectivity index is 1.94. The lowest BCUT2D eigenvalue weighted by molar-refractivity contribution is -0.139. The van der Waals surface area contributed by atoms with Crippen molar-refractivity contribution in [3.63, 3.8) is 0 Å². The number of carbonyl (C=O) groups excluding carboxylic acids is 2. The first kappa shape index (κ1) is 18.0. The number of Topliss-reactive ketones (excluding diaryl/α,β-unsaturated/α-hetero) is 1. The van der Waals surface area contributed by atoms with Crippen LogP contribution in [0.2, 0.25) is 5.02 Å². The summed E-state index contributed by atoms with van der Waals surface area (Å²) >= 11 is 6.12. The Labute approximate surface area is 154 Å². The molecule has 0 radical (unpaired) electrons. The van der Waals surface area contributed by atoms with Crippen molar-refractivity contribution in [3.8, 4) is 0 Å². The maximum absolute atomic E-state index is 13.4. The van der Waals surface area contributed by atoms with Crippen molar-refractivity contribution in [3.05, 3.63) is 46.6 Å². The van der Waals surface area contributed by atoms with Crippen LogP contribution in [0.5, 0.6) is 0 Å². The van der Waals surface area contributed by atoms with Crippen LogP contribution in [0.4, 0.5) is 0 Å². The topological polar surface area (TPSA) is 63.4 Å². The molecule has 1 amide bonds. The molecule has 1 fully saturated rings. The largest absolute Gasteiger partial charge is 0.396 e. The minimum atomic E-state index is -0.591. The van der Waals surface area contributed by atoms with Crippen LogP contribution in [0.25, 0.3) is 0 Å². The molecule has 1 atom stereocenters. The molecule has 1 saturated carbocycles. The number of allylic oxidation sites excluding steroid dienone is 1. The highest BCUT2D eigenvalue weighted by molar-refractivity contribution is 6.30. The van der Waals surface area contributed by atoms with E-state index in [0.29, 0.717) is 11.4 Å². The lowest BCUT2D eigenvalue weighted by Gasteiger charge is -2.45. The summed E-state index contributed by atoms with van der Waals surface area (Å²) < 4.78 is 0. The van der Waals surface area contributed by atoms with Gasteiger partial charge in [0.05, 0.1) is 16.7 Å². The standard InChI is InChI=1S/C20H25ClN2O2/c1-18(2)12-19(3,11-15(22)16(18)24)23(4)17(25)20(8-9-20)13-6-5-7-14(21)10-13/h5-7,10-11H,8-9,12,22H2,1-4H3/t19-/m1/s1. The zero-order chi connectivity index (χ0) is 18.6. The molecular formula is C20H25ClN2O2. The fourth-order valence-corrected chi connectivity index (χ4v) is 4.31. The van der Waals surface area contributed by atoms with E-state index >= 15 is 0 Å². The second-order valence-electron chi connectivity index (χ2n) is 8.30. The summed E-state index contributed by atoms with van der Waals surface area (Å²) in [5.74, 6) is 0.00765. The maximum atomic E-state index is 13.4. The van der Waals surface area contributed by atoms with Crippen LogP contribution in [-0.4, -0.2) is 29.2 Å². The molecule has 0 spiro atoms. The number of nitrogens with two attached hydrogens (primary N) is 1. The maximum Gasteiger partial charge on any atom is 0.233 e. The average Bonchev–Trinajstić information content (AvgIpc) is 3.32. The molecule has 0 aromatic heterocycles. The van der Waals surface area contributed by atoms with Gasteiger partial charge in [-0.15, -0.1) is 0 Å². The Morgan fingerprint density at radius 2 is 1.88 bits per heavy atom. The predicted octanol–water partition coefficient (Wildman–Crippen LogP) is 3.43. The third kappa shape index (κ3) is 2.86. The number of amides is 1. The van der Waals surface area contributed by atoms with Gasteiger partial charge >= 0.3 is 0 Å². The molecule has 2 aliphatic carbocycles. The van der Waals surface area contributed by atoms with E-state index in [9.17, 15) is 9.59 Å². The molecule has 5 heteroatoms. The molecule has 0 bridgehead atoms. The van der Waals surface area contributed by atoms with E-state index in [0.717, 1.165) is 18.4 Å². The van der Waals surface area contributed by atoms with E-state index in [1.807, 2.05) is 52.1 Å².